The molecule has 1 fully saturated rings. The Morgan fingerprint density at radius 3 is 2.81 bits per heavy atom. The summed E-state index contributed by atoms with van der Waals surface area (Å²) in [5, 5.41) is 9.76. The van der Waals surface area contributed by atoms with Crippen LogP contribution < -0.4 is 4.90 Å². The molecule has 7 heteroatoms. The fourth-order valence-electron chi connectivity index (χ4n) is 1.31. The maximum atomic E-state index is 5.29. The van der Waals surface area contributed by atoms with E-state index in [1.165, 1.54) is 11.3 Å². The maximum Gasteiger partial charge on any atom is 0.234 e. The van der Waals surface area contributed by atoms with E-state index in [-0.39, 0.29) is 0 Å². The molecular weight excluding hydrogens is 226 g/mol. The second-order valence-corrected chi connectivity index (χ2v) is 4.61. The number of nitrogens with zero attached hydrogens (tertiary/aromatic N) is 5. The van der Waals surface area contributed by atoms with Crippen LogP contribution in [0, 0.1) is 0 Å². The third kappa shape index (κ3) is 2.89. The highest BCUT2D eigenvalue weighted by molar-refractivity contribution is 7.18. The average molecular weight is 241 g/mol. The van der Waals surface area contributed by atoms with Crippen LogP contribution in [-0.4, -0.2) is 61.8 Å². The number of hydrogen-bond donors (Lipinski definition) is 0. The zero-order valence-electron chi connectivity index (χ0n) is 9.46. The first kappa shape index (κ1) is 11.3. The molecule has 0 spiro atoms. The smallest absolute Gasteiger partial charge is 0.234 e. The first-order chi connectivity index (χ1) is 7.75. The second-order valence-electron chi connectivity index (χ2n) is 3.67. The maximum absolute atomic E-state index is 5.29. The van der Waals surface area contributed by atoms with E-state index in [0.29, 0.717) is 5.13 Å². The largest absolute Gasteiger partial charge is 0.378 e. The Hall–Kier alpha value is -1.21. The molecule has 1 saturated heterocycles. The van der Waals surface area contributed by atoms with E-state index in [1.54, 1.807) is 6.34 Å². The molecule has 6 nitrogen and oxygen atoms in total. The monoisotopic (exact) mass is 241 g/mol. The molecule has 0 aliphatic carbocycles. The minimum absolute atomic E-state index is 0.690. The van der Waals surface area contributed by atoms with Gasteiger partial charge < -0.3 is 14.5 Å². The molecule has 1 aromatic rings. The molecule has 88 valence electrons. The predicted molar refractivity (Wildman–Crippen MR) is 64.8 cm³/mol. The second kappa shape index (κ2) is 5.22. The molecule has 0 atom stereocenters. The van der Waals surface area contributed by atoms with Crippen molar-refractivity contribution in [1.82, 2.24) is 15.1 Å². The summed E-state index contributed by atoms with van der Waals surface area (Å²) in [5.41, 5.74) is 0. The van der Waals surface area contributed by atoms with Crippen LogP contribution in [0.5, 0.6) is 0 Å². The number of rotatable bonds is 3. The molecule has 2 rings (SSSR count). The fourth-order valence-corrected chi connectivity index (χ4v) is 2.05. The Kier molecular flexibility index (Phi) is 3.68. The van der Waals surface area contributed by atoms with Crippen LogP contribution in [0.2, 0.25) is 0 Å². The lowest BCUT2D eigenvalue weighted by atomic mass is 10.5. The topological polar surface area (TPSA) is 53.9 Å². The van der Waals surface area contributed by atoms with Crippen molar-refractivity contribution >= 4 is 27.9 Å². The van der Waals surface area contributed by atoms with Crippen LogP contribution in [0.4, 0.5) is 10.3 Å². The van der Waals surface area contributed by atoms with E-state index < -0.39 is 0 Å². The van der Waals surface area contributed by atoms with Gasteiger partial charge in [0.1, 0.15) is 0 Å². The highest BCUT2D eigenvalue weighted by Crippen LogP contribution is 2.26. The van der Waals surface area contributed by atoms with Crippen LogP contribution in [0.3, 0.4) is 0 Å². The summed E-state index contributed by atoms with van der Waals surface area (Å²) >= 11 is 1.50. The van der Waals surface area contributed by atoms with Gasteiger partial charge >= 0.3 is 0 Å². The lowest BCUT2D eigenvalue weighted by molar-refractivity contribution is 0.122. The van der Waals surface area contributed by atoms with Crippen LogP contribution in [-0.2, 0) is 4.74 Å². The highest BCUT2D eigenvalue weighted by atomic mass is 32.1. The predicted octanol–water partition coefficient (Wildman–Crippen LogP) is 0.596. The molecule has 0 aromatic carbocycles. The molecule has 0 radical (unpaired) electrons. The lowest BCUT2D eigenvalue weighted by Crippen LogP contribution is -2.36. The third-order valence-corrected chi connectivity index (χ3v) is 2.98. The Balaban J connectivity index is 2.01. The van der Waals surface area contributed by atoms with Gasteiger partial charge in [-0.05, 0) is 0 Å². The summed E-state index contributed by atoms with van der Waals surface area (Å²) in [5.74, 6) is 0. The number of ether oxygens (including phenoxy) is 1. The van der Waals surface area contributed by atoms with E-state index in [9.17, 15) is 0 Å². The number of anilines is 1. The number of aliphatic imine (C=N–C) groups is 1. The fraction of sp³-hybridized carbons (Fsp3) is 0.667. The summed E-state index contributed by atoms with van der Waals surface area (Å²) in [6, 6.07) is 0. The molecule has 0 amide bonds. The van der Waals surface area contributed by atoms with Gasteiger partial charge in [-0.15, -0.1) is 10.2 Å². The van der Waals surface area contributed by atoms with Crippen molar-refractivity contribution in [2.45, 2.75) is 0 Å². The molecule has 0 saturated carbocycles. The van der Waals surface area contributed by atoms with Gasteiger partial charge in [-0.3, -0.25) is 0 Å². The van der Waals surface area contributed by atoms with Crippen molar-refractivity contribution in [1.29, 1.82) is 0 Å². The van der Waals surface area contributed by atoms with Crippen LogP contribution >= 0.6 is 11.3 Å². The summed E-state index contributed by atoms with van der Waals surface area (Å²) < 4.78 is 5.29. The molecule has 0 unspecified atom stereocenters. The Bertz CT molecular complexity index is 359. The van der Waals surface area contributed by atoms with E-state index in [2.05, 4.69) is 20.1 Å². The van der Waals surface area contributed by atoms with E-state index in [0.717, 1.165) is 31.4 Å². The van der Waals surface area contributed by atoms with Gasteiger partial charge in [-0.2, -0.15) is 0 Å². The highest BCUT2D eigenvalue weighted by Gasteiger charge is 2.15. The van der Waals surface area contributed by atoms with E-state index >= 15 is 0 Å². The zero-order chi connectivity index (χ0) is 11.4. The van der Waals surface area contributed by atoms with Crippen molar-refractivity contribution in [2.24, 2.45) is 4.99 Å². The minimum atomic E-state index is 0.690. The van der Waals surface area contributed by atoms with Gasteiger partial charge in [-0.1, -0.05) is 11.3 Å². The Morgan fingerprint density at radius 1 is 1.38 bits per heavy atom. The van der Waals surface area contributed by atoms with Gasteiger partial charge in [-0.25, -0.2) is 4.99 Å². The molecule has 16 heavy (non-hydrogen) atoms. The van der Waals surface area contributed by atoms with Crippen LogP contribution in [0.25, 0.3) is 0 Å². The quantitative estimate of drug-likeness (QED) is 0.573. The van der Waals surface area contributed by atoms with Crippen molar-refractivity contribution in [3.63, 3.8) is 0 Å². The van der Waals surface area contributed by atoms with Crippen molar-refractivity contribution in [2.75, 3.05) is 45.3 Å². The molecular formula is C9H15N5OS. The molecule has 2 heterocycles. The van der Waals surface area contributed by atoms with E-state index in [4.69, 9.17) is 4.74 Å². The Labute approximate surface area is 98.6 Å². The first-order valence-electron chi connectivity index (χ1n) is 5.12. The summed E-state index contributed by atoms with van der Waals surface area (Å²) in [6.07, 6.45) is 1.73. The van der Waals surface area contributed by atoms with Gasteiger partial charge in [0.05, 0.1) is 19.6 Å². The van der Waals surface area contributed by atoms with Crippen molar-refractivity contribution < 1.29 is 4.74 Å². The van der Waals surface area contributed by atoms with E-state index in [1.807, 2.05) is 19.0 Å². The van der Waals surface area contributed by atoms with Crippen molar-refractivity contribution in [3.05, 3.63) is 0 Å². The molecule has 0 N–H and O–H groups in total. The molecule has 1 aliphatic rings. The van der Waals surface area contributed by atoms with Gasteiger partial charge in [0.15, 0.2) is 0 Å². The average Bonchev–Trinajstić information content (AvgIpc) is 2.76. The number of aromatic nitrogens is 2. The third-order valence-electron chi connectivity index (χ3n) is 2.08. The standard InChI is InChI=1S/C9H15N5OS/c1-13(2)7-10-8-11-12-9(16-8)14-3-5-15-6-4-14/h7H,3-6H2,1-2H3/b10-7+. The summed E-state index contributed by atoms with van der Waals surface area (Å²) in [7, 11) is 3.85. The van der Waals surface area contributed by atoms with Gasteiger partial charge in [0, 0.05) is 27.2 Å². The molecule has 1 aromatic heterocycles. The Morgan fingerprint density at radius 2 is 2.12 bits per heavy atom. The zero-order valence-corrected chi connectivity index (χ0v) is 10.3. The summed E-state index contributed by atoms with van der Waals surface area (Å²) in [4.78, 5) is 8.26. The lowest BCUT2D eigenvalue weighted by Gasteiger charge is -2.25. The van der Waals surface area contributed by atoms with Gasteiger partial charge in [0.2, 0.25) is 10.3 Å². The van der Waals surface area contributed by atoms with Crippen LogP contribution in [0.15, 0.2) is 4.99 Å². The molecule has 1 aliphatic heterocycles. The van der Waals surface area contributed by atoms with Crippen LogP contribution in [0.1, 0.15) is 0 Å². The summed E-state index contributed by atoms with van der Waals surface area (Å²) in [6.45, 7) is 3.28. The normalized spacial score (nSPS) is 17.0. The SMILES string of the molecule is CN(C)/C=N/c1nnc(N2CCOCC2)s1. The van der Waals surface area contributed by atoms with Crippen molar-refractivity contribution in [3.8, 4) is 0 Å². The van der Waals surface area contributed by atoms with Gasteiger partial charge in [0.25, 0.3) is 0 Å². The number of hydrogen-bond acceptors (Lipinski definition) is 6. The number of morpholine rings is 1. The molecule has 0 bridgehead atoms. The minimum Gasteiger partial charge on any atom is -0.378 e. The first-order valence-corrected chi connectivity index (χ1v) is 5.94.